The van der Waals surface area contributed by atoms with Crippen LogP contribution < -0.4 is 14.8 Å². The zero-order chi connectivity index (χ0) is 17.5. The second-order valence-electron chi connectivity index (χ2n) is 5.67. The van der Waals surface area contributed by atoms with Crippen molar-refractivity contribution < 1.29 is 24.2 Å². The van der Waals surface area contributed by atoms with Crippen molar-refractivity contribution in [3.63, 3.8) is 0 Å². The molecule has 1 aromatic carbocycles. The summed E-state index contributed by atoms with van der Waals surface area (Å²) in [7, 11) is 1.57. The minimum Gasteiger partial charge on any atom is -0.493 e. The minimum atomic E-state index is -0.849. The predicted molar refractivity (Wildman–Crippen MR) is 90.1 cm³/mol. The van der Waals surface area contributed by atoms with Crippen molar-refractivity contribution in [2.24, 2.45) is 5.92 Å². The van der Waals surface area contributed by atoms with Gasteiger partial charge in [-0.15, -0.1) is 0 Å². The number of benzene rings is 1. The normalized spacial score (nSPS) is 20.1. The van der Waals surface area contributed by atoms with E-state index >= 15 is 0 Å². The summed E-state index contributed by atoms with van der Waals surface area (Å²) in [5.41, 5.74) is 0.801. The minimum absolute atomic E-state index is 0.290. The Bertz CT molecular complexity index is 626. The summed E-state index contributed by atoms with van der Waals surface area (Å²) in [6.07, 6.45) is 5.21. The molecule has 1 saturated carbocycles. The Morgan fingerprint density at radius 3 is 2.79 bits per heavy atom. The number of amides is 1. The van der Waals surface area contributed by atoms with Crippen LogP contribution in [0.15, 0.2) is 24.3 Å². The summed E-state index contributed by atoms with van der Waals surface area (Å²) in [4.78, 5) is 23.2. The SMILES string of the molecule is CCOc1cc(/C=C/C(=O)NC2CCCC2C(=O)O)ccc1OC. The second-order valence-corrected chi connectivity index (χ2v) is 5.67. The lowest BCUT2D eigenvalue weighted by molar-refractivity contribution is -0.142. The van der Waals surface area contributed by atoms with E-state index in [2.05, 4.69) is 5.32 Å². The van der Waals surface area contributed by atoms with Gasteiger partial charge in [0.05, 0.1) is 19.6 Å². The average molecular weight is 333 g/mol. The first-order chi connectivity index (χ1) is 11.5. The highest BCUT2D eigenvalue weighted by molar-refractivity contribution is 5.92. The number of hydrogen-bond acceptors (Lipinski definition) is 4. The Balaban J connectivity index is 2.01. The van der Waals surface area contributed by atoms with Gasteiger partial charge in [-0.05, 0) is 43.5 Å². The Hall–Kier alpha value is -2.50. The van der Waals surface area contributed by atoms with Gasteiger partial charge in [0.1, 0.15) is 0 Å². The fraction of sp³-hybridized carbons (Fsp3) is 0.444. The highest BCUT2D eigenvalue weighted by atomic mass is 16.5. The van der Waals surface area contributed by atoms with Crippen LogP contribution in [0.2, 0.25) is 0 Å². The molecule has 0 aliphatic heterocycles. The molecular formula is C18H23NO5. The zero-order valence-corrected chi connectivity index (χ0v) is 14.0. The smallest absolute Gasteiger partial charge is 0.308 e. The van der Waals surface area contributed by atoms with Crippen LogP contribution in [0.25, 0.3) is 6.08 Å². The molecule has 0 saturated heterocycles. The third-order valence-corrected chi connectivity index (χ3v) is 4.08. The van der Waals surface area contributed by atoms with E-state index in [1.165, 1.54) is 6.08 Å². The number of carboxylic acid groups (broad SMARTS) is 1. The van der Waals surface area contributed by atoms with Crippen LogP contribution in [0.1, 0.15) is 31.7 Å². The maximum Gasteiger partial charge on any atom is 0.308 e. The van der Waals surface area contributed by atoms with Gasteiger partial charge in [0.15, 0.2) is 11.5 Å². The molecule has 0 radical (unpaired) electrons. The molecule has 1 amide bonds. The Morgan fingerprint density at radius 2 is 2.12 bits per heavy atom. The Morgan fingerprint density at radius 1 is 1.33 bits per heavy atom. The first kappa shape index (κ1) is 17.8. The van der Waals surface area contributed by atoms with E-state index in [-0.39, 0.29) is 11.9 Å². The molecule has 2 unspecified atom stereocenters. The van der Waals surface area contributed by atoms with Crippen molar-refractivity contribution in [3.05, 3.63) is 29.8 Å². The number of methoxy groups -OCH3 is 1. The van der Waals surface area contributed by atoms with Gasteiger partial charge in [0.2, 0.25) is 5.91 Å². The predicted octanol–water partition coefficient (Wildman–Crippen LogP) is 2.48. The van der Waals surface area contributed by atoms with Gasteiger partial charge >= 0.3 is 5.97 Å². The molecule has 0 aromatic heterocycles. The van der Waals surface area contributed by atoms with Crippen LogP contribution in [0.3, 0.4) is 0 Å². The van der Waals surface area contributed by atoms with Crippen molar-refractivity contribution in [3.8, 4) is 11.5 Å². The van der Waals surface area contributed by atoms with Crippen LogP contribution in [0, 0.1) is 5.92 Å². The molecular weight excluding hydrogens is 310 g/mol. The highest BCUT2D eigenvalue weighted by Gasteiger charge is 2.33. The summed E-state index contributed by atoms with van der Waals surface area (Å²) >= 11 is 0. The van der Waals surface area contributed by atoms with Crippen molar-refractivity contribution in [2.75, 3.05) is 13.7 Å². The van der Waals surface area contributed by atoms with Crippen molar-refractivity contribution in [1.82, 2.24) is 5.32 Å². The third kappa shape index (κ3) is 4.50. The molecule has 1 aliphatic rings. The Kier molecular flexibility index (Phi) is 6.23. The van der Waals surface area contributed by atoms with E-state index in [1.807, 2.05) is 13.0 Å². The van der Waals surface area contributed by atoms with Gasteiger partial charge in [-0.1, -0.05) is 12.5 Å². The molecule has 24 heavy (non-hydrogen) atoms. The van der Waals surface area contributed by atoms with Crippen LogP contribution in [-0.4, -0.2) is 36.7 Å². The fourth-order valence-corrected chi connectivity index (χ4v) is 2.90. The van der Waals surface area contributed by atoms with Gasteiger partial charge in [-0.3, -0.25) is 9.59 Å². The maximum absolute atomic E-state index is 12.0. The van der Waals surface area contributed by atoms with Gasteiger partial charge in [-0.25, -0.2) is 0 Å². The number of carboxylic acids is 1. The molecule has 2 atom stereocenters. The fourth-order valence-electron chi connectivity index (χ4n) is 2.90. The van der Waals surface area contributed by atoms with Crippen LogP contribution in [0.5, 0.6) is 11.5 Å². The van der Waals surface area contributed by atoms with Gasteiger partial charge in [0, 0.05) is 12.1 Å². The molecule has 6 heteroatoms. The lowest BCUT2D eigenvalue weighted by Crippen LogP contribution is -2.39. The lowest BCUT2D eigenvalue weighted by atomic mass is 10.0. The van der Waals surface area contributed by atoms with E-state index in [1.54, 1.807) is 25.3 Å². The summed E-state index contributed by atoms with van der Waals surface area (Å²) in [5.74, 6) is -0.383. The highest BCUT2D eigenvalue weighted by Crippen LogP contribution is 2.28. The molecule has 1 fully saturated rings. The molecule has 0 spiro atoms. The van der Waals surface area contributed by atoms with Gasteiger partial charge in [0.25, 0.3) is 0 Å². The van der Waals surface area contributed by atoms with Crippen LogP contribution in [-0.2, 0) is 9.59 Å². The molecule has 130 valence electrons. The van der Waals surface area contributed by atoms with Gasteiger partial charge in [-0.2, -0.15) is 0 Å². The zero-order valence-electron chi connectivity index (χ0n) is 14.0. The molecule has 0 heterocycles. The molecule has 1 aliphatic carbocycles. The number of carbonyl (C=O) groups excluding carboxylic acids is 1. The quantitative estimate of drug-likeness (QED) is 0.749. The summed E-state index contributed by atoms with van der Waals surface area (Å²) < 4.78 is 10.7. The van der Waals surface area contributed by atoms with E-state index < -0.39 is 11.9 Å². The average Bonchev–Trinajstić information content (AvgIpc) is 3.02. The van der Waals surface area contributed by atoms with Crippen molar-refractivity contribution in [2.45, 2.75) is 32.2 Å². The first-order valence-electron chi connectivity index (χ1n) is 8.07. The third-order valence-electron chi connectivity index (χ3n) is 4.08. The lowest BCUT2D eigenvalue weighted by Gasteiger charge is -2.16. The van der Waals surface area contributed by atoms with Crippen molar-refractivity contribution >= 4 is 18.0 Å². The Labute approximate surface area is 141 Å². The molecule has 2 rings (SSSR count). The summed E-state index contributed by atoms with van der Waals surface area (Å²) in [6, 6.07) is 5.09. The van der Waals surface area contributed by atoms with E-state index in [0.717, 1.165) is 12.0 Å². The molecule has 1 aromatic rings. The van der Waals surface area contributed by atoms with Crippen LogP contribution >= 0.6 is 0 Å². The largest absolute Gasteiger partial charge is 0.493 e. The molecule has 0 bridgehead atoms. The van der Waals surface area contributed by atoms with E-state index in [9.17, 15) is 9.59 Å². The van der Waals surface area contributed by atoms with E-state index in [0.29, 0.717) is 30.9 Å². The van der Waals surface area contributed by atoms with Crippen LogP contribution in [0.4, 0.5) is 0 Å². The number of nitrogens with one attached hydrogen (secondary N) is 1. The monoisotopic (exact) mass is 333 g/mol. The molecule has 2 N–H and O–H groups in total. The number of carbonyl (C=O) groups is 2. The number of hydrogen-bond donors (Lipinski definition) is 2. The maximum atomic E-state index is 12.0. The summed E-state index contributed by atoms with van der Waals surface area (Å²) in [5, 5.41) is 11.9. The van der Waals surface area contributed by atoms with Crippen molar-refractivity contribution in [1.29, 1.82) is 0 Å². The number of ether oxygens (including phenoxy) is 2. The first-order valence-corrected chi connectivity index (χ1v) is 8.07. The standard InChI is InChI=1S/C18H23NO5/c1-3-24-16-11-12(7-9-15(16)23-2)8-10-17(20)19-14-6-4-5-13(14)18(21)22/h7-11,13-14H,3-6H2,1-2H3,(H,19,20)(H,21,22)/b10-8+. The number of aliphatic carboxylic acids is 1. The second kappa shape index (κ2) is 8.38. The summed E-state index contributed by atoms with van der Waals surface area (Å²) in [6.45, 7) is 2.40. The topological polar surface area (TPSA) is 84.9 Å². The molecule has 6 nitrogen and oxygen atoms in total. The number of rotatable bonds is 7. The van der Waals surface area contributed by atoms with E-state index in [4.69, 9.17) is 14.6 Å². The van der Waals surface area contributed by atoms with Gasteiger partial charge < -0.3 is 19.9 Å².